The molecule has 1 aromatic carbocycles. The molecule has 0 radical (unpaired) electrons. The van der Waals surface area contributed by atoms with Gasteiger partial charge in [-0.05, 0) is 92.1 Å². The molecular formula is C27H37NO2. The van der Waals surface area contributed by atoms with Crippen molar-refractivity contribution in [1.29, 1.82) is 0 Å². The van der Waals surface area contributed by atoms with E-state index in [0.717, 1.165) is 51.5 Å². The smallest absolute Gasteiger partial charge is 0.133 e. The molecule has 3 fully saturated rings. The summed E-state index contributed by atoms with van der Waals surface area (Å²) in [5.41, 5.74) is 4.47. The Balaban J connectivity index is 1.35. The number of anilines is 1. The summed E-state index contributed by atoms with van der Waals surface area (Å²) < 4.78 is 0. The summed E-state index contributed by atoms with van der Waals surface area (Å²) in [5, 5.41) is 13.9. The van der Waals surface area contributed by atoms with Gasteiger partial charge < -0.3 is 10.4 Å². The van der Waals surface area contributed by atoms with Crippen LogP contribution in [0.15, 0.2) is 35.9 Å². The Morgan fingerprint density at radius 3 is 2.80 bits per heavy atom. The van der Waals surface area contributed by atoms with E-state index in [1.807, 2.05) is 0 Å². The van der Waals surface area contributed by atoms with Gasteiger partial charge in [0.25, 0.3) is 0 Å². The van der Waals surface area contributed by atoms with Gasteiger partial charge in [0.1, 0.15) is 5.78 Å². The maximum Gasteiger partial charge on any atom is 0.133 e. The van der Waals surface area contributed by atoms with Crippen LogP contribution in [0.1, 0.15) is 70.3 Å². The maximum absolute atomic E-state index is 12.7. The number of carbonyl (C=O) groups is 1. The fourth-order valence-electron chi connectivity index (χ4n) is 7.84. The largest absolute Gasteiger partial charge is 0.393 e. The molecule has 0 aromatic heterocycles. The van der Waals surface area contributed by atoms with Gasteiger partial charge in [-0.15, -0.1) is 0 Å². The first-order chi connectivity index (χ1) is 14.4. The van der Waals surface area contributed by atoms with E-state index < -0.39 is 0 Å². The first-order valence-electron chi connectivity index (χ1n) is 12.1. The van der Waals surface area contributed by atoms with Crippen LogP contribution >= 0.6 is 0 Å². The number of allylic oxidation sites excluding steroid dienone is 1. The van der Waals surface area contributed by atoms with E-state index in [2.05, 4.69) is 49.5 Å². The highest BCUT2D eigenvalue weighted by Gasteiger charge is 2.58. The molecule has 30 heavy (non-hydrogen) atoms. The van der Waals surface area contributed by atoms with Crippen molar-refractivity contribution in [2.24, 2.45) is 28.6 Å². The lowest BCUT2D eigenvalue weighted by atomic mass is 9.47. The summed E-state index contributed by atoms with van der Waals surface area (Å²) >= 11 is 0. The molecule has 3 saturated carbocycles. The Hall–Kier alpha value is -1.61. The third-order valence-electron chi connectivity index (χ3n) is 9.49. The lowest BCUT2D eigenvalue weighted by molar-refractivity contribution is -0.118. The summed E-state index contributed by atoms with van der Waals surface area (Å²) in [5.74, 6) is 2.38. The molecule has 3 nitrogen and oxygen atoms in total. The second-order valence-electron chi connectivity index (χ2n) is 11.0. The number of Topliss-reactive ketones (excluding diaryl/α,β-unsaturated/α-hetero) is 1. The summed E-state index contributed by atoms with van der Waals surface area (Å²) in [6.45, 7) is 5.57. The number of ketones is 1. The topological polar surface area (TPSA) is 49.3 Å². The van der Waals surface area contributed by atoms with Gasteiger partial charge in [-0.2, -0.15) is 0 Å². The third kappa shape index (κ3) is 3.25. The van der Waals surface area contributed by atoms with Gasteiger partial charge in [-0.3, -0.25) is 4.79 Å². The first-order valence-corrected chi connectivity index (χ1v) is 12.1. The van der Waals surface area contributed by atoms with Gasteiger partial charge in [0.05, 0.1) is 6.10 Å². The van der Waals surface area contributed by atoms with Crippen LogP contribution in [0.25, 0.3) is 0 Å². The van der Waals surface area contributed by atoms with Gasteiger partial charge in [-0.1, -0.05) is 36.8 Å². The van der Waals surface area contributed by atoms with Crippen molar-refractivity contribution < 1.29 is 9.90 Å². The molecule has 0 heterocycles. The lowest BCUT2D eigenvalue weighted by Crippen LogP contribution is -2.50. The molecule has 0 unspecified atom stereocenters. The number of aryl methyl sites for hydroxylation is 1. The molecule has 0 amide bonds. The average Bonchev–Trinajstić information content (AvgIpc) is 3.06. The SMILES string of the molecule is Cc1ccccc1NCC[C@]12CC[C@H]3[C@@H](CC=C4C[C@@H](O)CC[C@@]43C)[C@@H]1CC(=O)C2. The molecule has 5 rings (SSSR count). The number of aliphatic hydroxyl groups excluding tert-OH is 1. The van der Waals surface area contributed by atoms with Crippen LogP contribution in [-0.4, -0.2) is 23.5 Å². The van der Waals surface area contributed by atoms with Crippen LogP contribution in [0.4, 0.5) is 5.69 Å². The molecule has 0 saturated heterocycles. The van der Waals surface area contributed by atoms with E-state index in [4.69, 9.17) is 0 Å². The van der Waals surface area contributed by atoms with Crippen LogP contribution in [0, 0.1) is 35.5 Å². The summed E-state index contributed by atoms with van der Waals surface area (Å²) in [4.78, 5) is 12.7. The van der Waals surface area contributed by atoms with E-state index in [1.54, 1.807) is 0 Å². The average molecular weight is 408 g/mol. The van der Waals surface area contributed by atoms with E-state index in [9.17, 15) is 9.90 Å². The van der Waals surface area contributed by atoms with Crippen molar-refractivity contribution >= 4 is 11.5 Å². The number of para-hydroxylation sites is 1. The maximum atomic E-state index is 12.7. The number of hydrogen-bond acceptors (Lipinski definition) is 3. The zero-order chi connectivity index (χ0) is 20.9. The lowest BCUT2D eigenvalue weighted by Gasteiger charge is -2.57. The molecule has 4 aliphatic rings. The number of nitrogens with one attached hydrogen (secondary N) is 1. The summed E-state index contributed by atoms with van der Waals surface area (Å²) in [7, 11) is 0. The van der Waals surface area contributed by atoms with E-state index in [0.29, 0.717) is 23.5 Å². The summed E-state index contributed by atoms with van der Waals surface area (Å²) in [6, 6.07) is 8.49. The fraction of sp³-hybridized carbons (Fsp3) is 0.667. The molecule has 1 aromatic rings. The predicted molar refractivity (Wildman–Crippen MR) is 121 cm³/mol. The van der Waals surface area contributed by atoms with Crippen LogP contribution in [-0.2, 0) is 4.79 Å². The molecule has 0 spiro atoms. The minimum Gasteiger partial charge on any atom is -0.393 e. The monoisotopic (exact) mass is 407 g/mol. The van der Waals surface area contributed by atoms with E-state index >= 15 is 0 Å². The van der Waals surface area contributed by atoms with Crippen LogP contribution < -0.4 is 5.32 Å². The Morgan fingerprint density at radius 2 is 1.97 bits per heavy atom. The van der Waals surface area contributed by atoms with Crippen LogP contribution in [0.2, 0.25) is 0 Å². The van der Waals surface area contributed by atoms with Gasteiger partial charge in [0, 0.05) is 25.1 Å². The third-order valence-corrected chi connectivity index (χ3v) is 9.49. The normalized spacial score (nSPS) is 40.2. The second kappa shape index (κ2) is 7.51. The zero-order valence-electron chi connectivity index (χ0n) is 18.6. The highest BCUT2D eigenvalue weighted by Crippen LogP contribution is 2.65. The van der Waals surface area contributed by atoms with Crippen molar-refractivity contribution in [3.8, 4) is 0 Å². The second-order valence-corrected chi connectivity index (χ2v) is 11.0. The molecule has 4 aliphatic carbocycles. The van der Waals surface area contributed by atoms with Crippen molar-refractivity contribution in [2.45, 2.75) is 77.7 Å². The minimum absolute atomic E-state index is 0.149. The zero-order valence-corrected chi connectivity index (χ0v) is 18.6. The standard InChI is InChI=1S/C27H37NO2/c1-18-5-3-4-6-25(18)28-14-13-27-12-10-23-22(24(27)16-21(30)17-27)8-7-19-15-20(29)9-11-26(19,23)2/h3-7,20,22-24,28-29H,8-17H2,1-2H3/t20-,22+,23-,24-,26-,27-/m0/s1. The summed E-state index contributed by atoms with van der Waals surface area (Å²) in [6.07, 6.45) is 11.5. The van der Waals surface area contributed by atoms with Crippen LogP contribution in [0.3, 0.4) is 0 Å². The fourth-order valence-corrected chi connectivity index (χ4v) is 7.84. The Bertz CT molecular complexity index is 860. The quantitative estimate of drug-likeness (QED) is 0.632. The van der Waals surface area contributed by atoms with Crippen molar-refractivity contribution in [3.05, 3.63) is 41.5 Å². The van der Waals surface area contributed by atoms with Gasteiger partial charge >= 0.3 is 0 Å². The van der Waals surface area contributed by atoms with Crippen molar-refractivity contribution in [2.75, 3.05) is 11.9 Å². The van der Waals surface area contributed by atoms with Gasteiger partial charge in [0.2, 0.25) is 0 Å². The molecular weight excluding hydrogens is 370 g/mol. The molecule has 0 aliphatic heterocycles. The minimum atomic E-state index is -0.149. The van der Waals surface area contributed by atoms with Crippen LogP contribution in [0.5, 0.6) is 0 Å². The van der Waals surface area contributed by atoms with Crippen molar-refractivity contribution in [1.82, 2.24) is 0 Å². The van der Waals surface area contributed by atoms with Gasteiger partial charge in [-0.25, -0.2) is 0 Å². The number of hydrogen-bond donors (Lipinski definition) is 2. The van der Waals surface area contributed by atoms with E-state index in [1.165, 1.54) is 29.7 Å². The first kappa shape index (κ1) is 20.3. The number of benzene rings is 1. The Morgan fingerprint density at radius 1 is 1.13 bits per heavy atom. The van der Waals surface area contributed by atoms with Crippen molar-refractivity contribution in [3.63, 3.8) is 0 Å². The number of fused-ring (bicyclic) bond motifs is 5. The van der Waals surface area contributed by atoms with E-state index in [-0.39, 0.29) is 16.9 Å². The molecule has 2 N–H and O–H groups in total. The molecule has 162 valence electrons. The Labute approximate surface area is 181 Å². The highest BCUT2D eigenvalue weighted by atomic mass is 16.3. The highest BCUT2D eigenvalue weighted by molar-refractivity contribution is 5.82. The van der Waals surface area contributed by atoms with Gasteiger partial charge in [0.15, 0.2) is 0 Å². The predicted octanol–water partition coefficient (Wildman–Crippen LogP) is 5.67. The molecule has 3 heteroatoms. The number of aliphatic hydroxyl groups is 1. The molecule has 6 atom stereocenters. The number of carbonyl (C=O) groups excluding carboxylic acids is 1. The Kier molecular flexibility index (Phi) is 5.08. The molecule has 0 bridgehead atoms. The number of rotatable bonds is 4.